The van der Waals surface area contributed by atoms with Gasteiger partial charge in [-0.15, -0.1) is 11.3 Å². The van der Waals surface area contributed by atoms with Gasteiger partial charge in [0.2, 0.25) is 10.0 Å². The molecule has 0 amide bonds. The Balaban J connectivity index is 2.22. The SMILES string of the molecule is CN(C1CCCC1)S(=O)(=O)c1csc(CO)c1. The van der Waals surface area contributed by atoms with Crippen LogP contribution >= 0.6 is 11.3 Å². The van der Waals surface area contributed by atoms with E-state index >= 15 is 0 Å². The van der Waals surface area contributed by atoms with Crippen molar-refractivity contribution in [3.05, 3.63) is 16.3 Å². The van der Waals surface area contributed by atoms with Crippen LogP contribution in [0, 0.1) is 0 Å². The number of aliphatic hydroxyl groups excluding tert-OH is 1. The summed E-state index contributed by atoms with van der Waals surface area (Å²) in [5.41, 5.74) is 0. The van der Waals surface area contributed by atoms with Crippen molar-refractivity contribution in [1.82, 2.24) is 4.31 Å². The van der Waals surface area contributed by atoms with Crippen molar-refractivity contribution >= 4 is 21.4 Å². The van der Waals surface area contributed by atoms with E-state index in [9.17, 15) is 8.42 Å². The molecule has 0 unspecified atom stereocenters. The summed E-state index contributed by atoms with van der Waals surface area (Å²) in [5.74, 6) is 0. The summed E-state index contributed by atoms with van der Waals surface area (Å²) in [7, 11) is -1.72. The maximum atomic E-state index is 12.3. The molecule has 0 atom stereocenters. The Hall–Kier alpha value is -0.430. The number of sulfonamides is 1. The van der Waals surface area contributed by atoms with E-state index in [1.54, 1.807) is 18.5 Å². The minimum atomic E-state index is -3.38. The molecule has 0 spiro atoms. The predicted octanol–water partition coefficient (Wildman–Crippen LogP) is 1.80. The van der Waals surface area contributed by atoms with Gasteiger partial charge in [0, 0.05) is 23.3 Å². The molecule has 1 aliphatic carbocycles. The fourth-order valence-electron chi connectivity index (χ4n) is 2.21. The van der Waals surface area contributed by atoms with Gasteiger partial charge in [0.25, 0.3) is 0 Å². The summed E-state index contributed by atoms with van der Waals surface area (Å²) >= 11 is 1.28. The van der Waals surface area contributed by atoms with E-state index in [0.717, 1.165) is 25.7 Å². The molecular formula is C11H17NO3S2. The summed E-state index contributed by atoms with van der Waals surface area (Å²) < 4.78 is 26.1. The molecule has 1 heterocycles. The molecule has 0 aliphatic heterocycles. The zero-order valence-corrected chi connectivity index (χ0v) is 11.4. The minimum absolute atomic E-state index is 0.104. The third-order valence-electron chi connectivity index (χ3n) is 3.30. The van der Waals surface area contributed by atoms with Crippen LogP contribution in [0.15, 0.2) is 16.3 Å². The lowest BCUT2D eigenvalue weighted by Gasteiger charge is -2.22. The van der Waals surface area contributed by atoms with Crippen molar-refractivity contribution in [1.29, 1.82) is 0 Å². The van der Waals surface area contributed by atoms with E-state index in [0.29, 0.717) is 9.77 Å². The van der Waals surface area contributed by atoms with Gasteiger partial charge in [0.05, 0.1) is 11.5 Å². The molecule has 1 aliphatic rings. The molecular weight excluding hydrogens is 258 g/mol. The molecule has 2 rings (SSSR count). The molecule has 1 aromatic heterocycles. The number of nitrogens with zero attached hydrogens (tertiary/aromatic N) is 1. The van der Waals surface area contributed by atoms with Crippen molar-refractivity contribution in [2.75, 3.05) is 7.05 Å². The van der Waals surface area contributed by atoms with Crippen LogP contribution < -0.4 is 0 Å². The molecule has 6 heteroatoms. The second-order valence-electron chi connectivity index (χ2n) is 4.37. The molecule has 4 nitrogen and oxygen atoms in total. The molecule has 0 aromatic carbocycles. The molecule has 17 heavy (non-hydrogen) atoms. The highest BCUT2D eigenvalue weighted by atomic mass is 32.2. The Morgan fingerprint density at radius 1 is 1.47 bits per heavy atom. The lowest BCUT2D eigenvalue weighted by atomic mass is 10.3. The van der Waals surface area contributed by atoms with Gasteiger partial charge in [0.15, 0.2) is 0 Å². The monoisotopic (exact) mass is 275 g/mol. The average molecular weight is 275 g/mol. The Bertz CT molecular complexity index is 475. The van der Waals surface area contributed by atoms with Crippen molar-refractivity contribution in [3.8, 4) is 0 Å². The highest BCUT2D eigenvalue weighted by Crippen LogP contribution is 2.29. The van der Waals surface area contributed by atoms with Crippen LogP contribution in [-0.2, 0) is 16.6 Å². The van der Waals surface area contributed by atoms with Crippen LogP contribution in [0.25, 0.3) is 0 Å². The van der Waals surface area contributed by atoms with E-state index in [-0.39, 0.29) is 12.6 Å². The van der Waals surface area contributed by atoms with Crippen molar-refractivity contribution in [2.24, 2.45) is 0 Å². The Labute approximate surface area is 106 Å². The first-order valence-corrected chi connectivity index (χ1v) is 8.04. The van der Waals surface area contributed by atoms with Gasteiger partial charge in [-0.3, -0.25) is 0 Å². The summed E-state index contributed by atoms with van der Waals surface area (Å²) in [4.78, 5) is 0.990. The number of hydrogen-bond acceptors (Lipinski definition) is 4. The fourth-order valence-corrected chi connectivity index (χ4v) is 4.75. The summed E-state index contributed by atoms with van der Waals surface area (Å²) in [6.45, 7) is -0.104. The maximum absolute atomic E-state index is 12.3. The topological polar surface area (TPSA) is 57.6 Å². The lowest BCUT2D eigenvalue weighted by Crippen LogP contribution is -2.34. The van der Waals surface area contributed by atoms with E-state index in [2.05, 4.69) is 0 Å². The normalized spacial score (nSPS) is 18.1. The van der Waals surface area contributed by atoms with Crippen molar-refractivity contribution < 1.29 is 13.5 Å². The highest BCUT2D eigenvalue weighted by Gasteiger charge is 2.30. The van der Waals surface area contributed by atoms with Crippen LogP contribution in [-0.4, -0.2) is 30.9 Å². The first-order valence-electron chi connectivity index (χ1n) is 5.72. The van der Waals surface area contributed by atoms with Crippen LogP contribution in [0.1, 0.15) is 30.6 Å². The number of aliphatic hydroxyl groups is 1. The van der Waals surface area contributed by atoms with Gasteiger partial charge in [-0.25, -0.2) is 8.42 Å². The van der Waals surface area contributed by atoms with Crippen LogP contribution in [0.5, 0.6) is 0 Å². The quantitative estimate of drug-likeness (QED) is 0.911. The van der Waals surface area contributed by atoms with E-state index < -0.39 is 10.0 Å². The van der Waals surface area contributed by atoms with Gasteiger partial charge < -0.3 is 5.11 Å². The molecule has 1 N–H and O–H groups in total. The highest BCUT2D eigenvalue weighted by molar-refractivity contribution is 7.89. The Kier molecular flexibility index (Phi) is 3.87. The predicted molar refractivity (Wildman–Crippen MR) is 67.4 cm³/mol. The summed E-state index contributed by atoms with van der Waals surface area (Å²) in [6, 6.07) is 1.70. The molecule has 0 radical (unpaired) electrons. The average Bonchev–Trinajstić information content (AvgIpc) is 2.98. The smallest absolute Gasteiger partial charge is 0.243 e. The molecule has 1 saturated carbocycles. The molecule has 96 valence electrons. The van der Waals surface area contributed by atoms with Gasteiger partial charge >= 0.3 is 0 Å². The maximum Gasteiger partial charge on any atom is 0.243 e. The van der Waals surface area contributed by atoms with Gasteiger partial charge in [0.1, 0.15) is 0 Å². The molecule has 0 saturated heterocycles. The number of thiophene rings is 1. The van der Waals surface area contributed by atoms with Crippen LogP contribution in [0.3, 0.4) is 0 Å². The van der Waals surface area contributed by atoms with Crippen molar-refractivity contribution in [2.45, 2.75) is 43.2 Å². The second kappa shape index (κ2) is 5.06. The van der Waals surface area contributed by atoms with E-state index in [1.165, 1.54) is 15.6 Å². The largest absolute Gasteiger partial charge is 0.391 e. The summed E-state index contributed by atoms with van der Waals surface area (Å²) in [5, 5.41) is 10.6. The van der Waals surface area contributed by atoms with Crippen molar-refractivity contribution in [3.63, 3.8) is 0 Å². The van der Waals surface area contributed by atoms with Gasteiger partial charge in [-0.2, -0.15) is 4.31 Å². The van der Waals surface area contributed by atoms with Crippen LogP contribution in [0.4, 0.5) is 0 Å². The molecule has 1 fully saturated rings. The number of hydrogen-bond donors (Lipinski definition) is 1. The first kappa shape index (κ1) is 13.0. The standard InChI is InChI=1S/C11H17NO3S2/c1-12(9-4-2-3-5-9)17(14,15)11-6-10(7-13)16-8-11/h6,8-9,13H,2-5,7H2,1H3. The zero-order valence-electron chi connectivity index (χ0n) is 9.80. The Morgan fingerprint density at radius 3 is 2.65 bits per heavy atom. The van der Waals surface area contributed by atoms with Gasteiger partial charge in [-0.1, -0.05) is 12.8 Å². The Morgan fingerprint density at radius 2 is 2.12 bits per heavy atom. The fraction of sp³-hybridized carbons (Fsp3) is 0.636. The summed E-state index contributed by atoms with van der Waals surface area (Å²) in [6.07, 6.45) is 4.12. The van der Waals surface area contributed by atoms with E-state index in [4.69, 9.17) is 5.11 Å². The molecule has 0 bridgehead atoms. The molecule has 1 aromatic rings. The minimum Gasteiger partial charge on any atom is -0.391 e. The van der Waals surface area contributed by atoms with Crippen LogP contribution in [0.2, 0.25) is 0 Å². The third kappa shape index (κ3) is 2.54. The zero-order chi connectivity index (χ0) is 12.5. The number of rotatable bonds is 4. The second-order valence-corrected chi connectivity index (χ2v) is 7.36. The first-order chi connectivity index (χ1) is 8.05. The van der Waals surface area contributed by atoms with Gasteiger partial charge in [-0.05, 0) is 18.9 Å². The lowest BCUT2D eigenvalue weighted by molar-refractivity contribution is 0.285. The third-order valence-corrected chi connectivity index (χ3v) is 6.26. The van der Waals surface area contributed by atoms with E-state index in [1.807, 2.05) is 0 Å².